The van der Waals surface area contributed by atoms with Crippen LogP contribution in [-0.4, -0.2) is 16.4 Å². The van der Waals surface area contributed by atoms with Gasteiger partial charge >= 0.3 is 0 Å². The first-order valence-electron chi connectivity index (χ1n) is 7.22. The van der Waals surface area contributed by atoms with Gasteiger partial charge in [-0.25, -0.2) is 0 Å². The smallest absolute Gasteiger partial charge is 0.262 e. The first-order chi connectivity index (χ1) is 9.55. The molecule has 3 nitrogen and oxygen atoms in total. The molecule has 0 bridgehead atoms. The van der Waals surface area contributed by atoms with Crippen LogP contribution in [0.15, 0.2) is 11.4 Å². The van der Waals surface area contributed by atoms with Crippen molar-refractivity contribution in [3.63, 3.8) is 0 Å². The Morgan fingerprint density at radius 3 is 2.40 bits per heavy atom. The molecule has 0 aromatic carbocycles. The summed E-state index contributed by atoms with van der Waals surface area (Å²) in [5.41, 5.74) is 6.50. The average Bonchev–Trinajstić information content (AvgIpc) is 2.78. The van der Waals surface area contributed by atoms with Gasteiger partial charge in [-0.05, 0) is 36.8 Å². The summed E-state index contributed by atoms with van der Waals surface area (Å²) in [6.45, 7) is 1.96. The zero-order chi connectivity index (χ0) is 14.6. The Kier molecular flexibility index (Phi) is 5.16. The molecule has 1 aliphatic carbocycles. The van der Waals surface area contributed by atoms with Gasteiger partial charge in [0.05, 0.1) is 15.4 Å². The predicted molar refractivity (Wildman–Crippen MR) is 88.4 cm³/mol. The normalized spacial score (nSPS) is 18.9. The number of nitrogens with two attached hydrogens (primary N) is 1. The Balaban J connectivity index is 2.17. The van der Waals surface area contributed by atoms with Gasteiger partial charge in [-0.15, -0.1) is 11.3 Å². The van der Waals surface area contributed by atoms with Crippen molar-refractivity contribution in [1.29, 1.82) is 0 Å². The molecule has 1 saturated carbocycles. The molecule has 2 rings (SSSR count). The maximum absolute atomic E-state index is 12.5. The van der Waals surface area contributed by atoms with E-state index < -0.39 is 5.54 Å². The van der Waals surface area contributed by atoms with Crippen molar-refractivity contribution in [3.05, 3.63) is 21.9 Å². The average molecular weight is 310 g/mol. The van der Waals surface area contributed by atoms with Gasteiger partial charge in [0.25, 0.3) is 5.91 Å². The Labute approximate surface area is 129 Å². The monoisotopic (exact) mass is 310 g/mol. The quantitative estimate of drug-likeness (QED) is 0.839. The summed E-state index contributed by atoms with van der Waals surface area (Å²) in [5.74, 6) is -0.0362. The molecule has 0 spiro atoms. The second kappa shape index (κ2) is 6.68. The van der Waals surface area contributed by atoms with Crippen LogP contribution in [0.4, 0.5) is 0 Å². The van der Waals surface area contributed by atoms with E-state index in [1.807, 2.05) is 18.4 Å². The van der Waals surface area contributed by atoms with Crippen LogP contribution in [0.1, 0.15) is 60.2 Å². The third kappa shape index (κ3) is 3.38. The van der Waals surface area contributed by atoms with Crippen molar-refractivity contribution in [3.8, 4) is 0 Å². The van der Waals surface area contributed by atoms with Crippen LogP contribution >= 0.6 is 23.6 Å². The summed E-state index contributed by atoms with van der Waals surface area (Å²) >= 11 is 6.75. The second-order valence-electron chi connectivity index (χ2n) is 5.60. The molecule has 0 radical (unpaired) electrons. The lowest BCUT2D eigenvalue weighted by Crippen LogP contribution is -2.56. The van der Waals surface area contributed by atoms with Gasteiger partial charge in [0.2, 0.25) is 0 Å². The summed E-state index contributed by atoms with van der Waals surface area (Å²) in [6, 6.07) is 1.96. The minimum Gasteiger partial charge on any atom is -0.391 e. The van der Waals surface area contributed by atoms with Gasteiger partial charge in [0.15, 0.2) is 0 Å². The van der Waals surface area contributed by atoms with Gasteiger partial charge in [-0.3, -0.25) is 4.79 Å². The molecule has 1 amide bonds. The number of hydrogen-bond acceptors (Lipinski definition) is 3. The van der Waals surface area contributed by atoms with E-state index in [1.54, 1.807) is 0 Å². The molecule has 0 unspecified atom stereocenters. The highest BCUT2D eigenvalue weighted by Gasteiger charge is 2.35. The molecule has 1 heterocycles. The number of thiocarbonyl (C=S) groups is 1. The van der Waals surface area contributed by atoms with Gasteiger partial charge in [-0.2, -0.15) is 0 Å². The van der Waals surface area contributed by atoms with E-state index in [0.717, 1.165) is 36.1 Å². The number of nitrogens with one attached hydrogen (secondary N) is 1. The number of aryl methyl sites for hydroxylation is 1. The number of amides is 1. The highest BCUT2D eigenvalue weighted by atomic mass is 32.1. The van der Waals surface area contributed by atoms with E-state index in [2.05, 4.69) is 5.32 Å². The third-order valence-electron chi connectivity index (χ3n) is 4.10. The number of carbonyl (C=O) groups excluding carboxylic acids is 1. The molecule has 0 aliphatic heterocycles. The van der Waals surface area contributed by atoms with E-state index in [9.17, 15) is 4.79 Å². The minimum absolute atomic E-state index is 0.0362. The molecule has 1 aliphatic rings. The van der Waals surface area contributed by atoms with Gasteiger partial charge in [-0.1, -0.05) is 44.3 Å². The molecule has 5 heteroatoms. The number of rotatable bonds is 3. The summed E-state index contributed by atoms with van der Waals surface area (Å²) in [7, 11) is 0. The van der Waals surface area contributed by atoms with Crippen molar-refractivity contribution in [2.45, 2.75) is 57.4 Å². The van der Waals surface area contributed by atoms with E-state index in [1.165, 1.54) is 30.6 Å². The Bertz CT molecular complexity index is 488. The zero-order valence-corrected chi connectivity index (χ0v) is 13.5. The van der Waals surface area contributed by atoms with Gasteiger partial charge < -0.3 is 11.1 Å². The zero-order valence-electron chi connectivity index (χ0n) is 11.9. The molecule has 0 atom stereocenters. The topological polar surface area (TPSA) is 55.1 Å². The Morgan fingerprint density at radius 1 is 1.30 bits per heavy atom. The summed E-state index contributed by atoms with van der Waals surface area (Å²) in [5, 5.41) is 5.09. The van der Waals surface area contributed by atoms with Crippen molar-refractivity contribution < 1.29 is 4.79 Å². The van der Waals surface area contributed by atoms with E-state index >= 15 is 0 Å². The molecular weight excluding hydrogens is 288 g/mol. The van der Waals surface area contributed by atoms with Crippen LogP contribution in [0.25, 0.3) is 0 Å². The molecule has 1 fully saturated rings. The molecule has 1 aromatic heterocycles. The van der Waals surface area contributed by atoms with Crippen LogP contribution in [-0.2, 0) is 0 Å². The maximum Gasteiger partial charge on any atom is 0.262 e. The van der Waals surface area contributed by atoms with E-state index in [-0.39, 0.29) is 5.91 Å². The molecule has 110 valence electrons. The SMILES string of the molecule is Cc1ccsc1C(=O)NC1(C(N)=S)CCCCCCC1. The fourth-order valence-corrected chi connectivity index (χ4v) is 3.90. The minimum atomic E-state index is -0.497. The lowest BCUT2D eigenvalue weighted by Gasteiger charge is -2.35. The van der Waals surface area contributed by atoms with E-state index in [0.29, 0.717) is 4.99 Å². The van der Waals surface area contributed by atoms with Crippen molar-refractivity contribution >= 4 is 34.5 Å². The lowest BCUT2D eigenvalue weighted by molar-refractivity contribution is 0.0916. The molecule has 0 saturated heterocycles. The van der Waals surface area contributed by atoms with Crippen LogP contribution < -0.4 is 11.1 Å². The van der Waals surface area contributed by atoms with Crippen LogP contribution in [0.2, 0.25) is 0 Å². The predicted octanol–water partition coefficient (Wildman–Crippen LogP) is 3.56. The summed E-state index contributed by atoms with van der Waals surface area (Å²) in [6.07, 6.45) is 7.51. The van der Waals surface area contributed by atoms with Crippen molar-refractivity contribution in [2.24, 2.45) is 5.73 Å². The highest BCUT2D eigenvalue weighted by molar-refractivity contribution is 7.80. The number of hydrogen-bond donors (Lipinski definition) is 2. The van der Waals surface area contributed by atoms with Gasteiger partial charge in [0, 0.05) is 0 Å². The molecule has 20 heavy (non-hydrogen) atoms. The van der Waals surface area contributed by atoms with E-state index in [4.69, 9.17) is 18.0 Å². The third-order valence-corrected chi connectivity index (χ3v) is 5.51. The van der Waals surface area contributed by atoms with Crippen LogP contribution in [0.5, 0.6) is 0 Å². The fraction of sp³-hybridized carbons (Fsp3) is 0.600. The lowest BCUT2D eigenvalue weighted by atomic mass is 9.83. The first kappa shape index (κ1) is 15.4. The fourth-order valence-electron chi connectivity index (χ4n) is 2.82. The summed E-state index contributed by atoms with van der Waals surface area (Å²) < 4.78 is 0. The van der Waals surface area contributed by atoms with Crippen LogP contribution in [0, 0.1) is 6.92 Å². The van der Waals surface area contributed by atoms with Crippen LogP contribution in [0.3, 0.4) is 0 Å². The summed E-state index contributed by atoms with van der Waals surface area (Å²) in [4.78, 5) is 13.7. The standard InChI is InChI=1S/C15H22N2OS2/c1-11-7-10-20-12(11)13(18)17-15(14(16)19)8-5-3-2-4-6-9-15/h7,10H,2-6,8-9H2,1H3,(H2,16,19)(H,17,18). The Morgan fingerprint density at radius 2 is 1.90 bits per heavy atom. The molecular formula is C15H22N2OS2. The first-order valence-corrected chi connectivity index (χ1v) is 8.50. The molecule has 1 aromatic rings. The van der Waals surface area contributed by atoms with Gasteiger partial charge in [0.1, 0.15) is 0 Å². The number of thiophene rings is 1. The Hall–Kier alpha value is -0.940. The van der Waals surface area contributed by atoms with Crippen molar-refractivity contribution in [2.75, 3.05) is 0 Å². The maximum atomic E-state index is 12.5. The largest absolute Gasteiger partial charge is 0.391 e. The number of carbonyl (C=O) groups is 1. The second-order valence-corrected chi connectivity index (χ2v) is 6.96. The molecule has 3 N–H and O–H groups in total. The highest BCUT2D eigenvalue weighted by Crippen LogP contribution is 2.28. The van der Waals surface area contributed by atoms with Crippen molar-refractivity contribution in [1.82, 2.24) is 5.32 Å².